The number of ketones is 4. The minimum absolute atomic E-state index is 0.0150. The van der Waals surface area contributed by atoms with Crippen molar-refractivity contribution in [2.24, 2.45) is 21.1 Å². The molecule has 344 valence electrons. The normalized spacial score (nSPS) is 10.7. The Balaban J connectivity index is 0.000000139. The van der Waals surface area contributed by atoms with E-state index in [1.54, 1.807) is 51.4 Å². The van der Waals surface area contributed by atoms with E-state index in [1.165, 1.54) is 34.5 Å². The van der Waals surface area contributed by atoms with Crippen LogP contribution in [0.3, 0.4) is 0 Å². The number of phenols is 1. The maximum Gasteiger partial charge on any atom is 0.161 e. The Morgan fingerprint density at radius 1 is 0.507 bits per heavy atom. The lowest BCUT2D eigenvalue weighted by atomic mass is 10.1. The highest BCUT2D eigenvalue weighted by molar-refractivity contribution is 6.09. The van der Waals surface area contributed by atoms with Crippen molar-refractivity contribution in [3.8, 4) is 11.5 Å². The highest BCUT2D eigenvalue weighted by atomic mass is 16.5. The predicted molar refractivity (Wildman–Crippen MR) is 272 cm³/mol. The molecule has 0 fully saturated rings. The molecule has 11 heteroatoms. The van der Waals surface area contributed by atoms with E-state index in [9.17, 15) is 24.3 Å². The molecule has 0 spiro atoms. The number of carbonyl (C=O) groups is 4. The Morgan fingerprint density at radius 2 is 0.955 bits per heavy atom. The second-order valence-corrected chi connectivity index (χ2v) is 16.8. The zero-order valence-electron chi connectivity index (χ0n) is 40.2. The lowest BCUT2D eigenvalue weighted by Gasteiger charge is -2.03. The summed E-state index contributed by atoms with van der Waals surface area (Å²) in [4.78, 5) is 51.6. The maximum absolute atomic E-state index is 11.5. The Bertz CT molecular complexity index is 3330. The van der Waals surface area contributed by atoms with Gasteiger partial charge >= 0.3 is 0 Å². The maximum atomic E-state index is 11.5. The molecule has 0 atom stereocenters. The van der Waals surface area contributed by atoms with Crippen LogP contribution in [0.5, 0.6) is 11.5 Å². The lowest BCUT2D eigenvalue weighted by Crippen LogP contribution is -1.92. The van der Waals surface area contributed by atoms with Gasteiger partial charge in [-0.05, 0) is 140 Å². The third kappa shape index (κ3) is 11.3. The van der Waals surface area contributed by atoms with Crippen molar-refractivity contribution in [2.45, 2.75) is 55.4 Å². The summed E-state index contributed by atoms with van der Waals surface area (Å²) in [6.07, 6.45) is 9.28. The minimum atomic E-state index is 0.0150. The topological polar surface area (TPSA) is 144 Å². The number of phenolic OH excluding ortho intramolecular Hbond substituents is 1. The number of Topliss-reactive ketones (excluding diaryl/α,β-unsaturated/α-hetero) is 4. The number of rotatable bonds is 6. The number of ether oxygens (including phenoxy) is 1. The molecule has 5 aromatic heterocycles. The average Bonchev–Trinajstić information content (AvgIpc) is 4.12. The van der Waals surface area contributed by atoms with Crippen molar-refractivity contribution < 1.29 is 29.0 Å². The summed E-state index contributed by atoms with van der Waals surface area (Å²) in [7, 11) is 5.78. The zero-order chi connectivity index (χ0) is 48.7. The number of H-pyrrole nitrogens is 2. The number of fused-ring (bicyclic) bond motifs is 5. The summed E-state index contributed by atoms with van der Waals surface area (Å²) >= 11 is 0. The monoisotopic (exact) mass is 897 g/mol. The smallest absolute Gasteiger partial charge is 0.161 e. The standard InChI is InChI=1S/C13H15NO2.C12H13NO.C11H11NO2.C11H11NO.C9H9N/c1-4-16-10-5-6-13-11(7-10)12(9(2)15)8-14(13)3;1-8-4-5-12-10(6-8)11(9(2)14)7-13(12)3;1-7(13)10-6-12(2)11-4-3-8(14)5-9(10)11;1-7-3-4-11-9(5-7)10(6-12-11)8(2)13;1-7-2-3-9-8(6-7)4-5-10-9/h5-8H,4H2,1-3H3;4-7H,1-3H3;3-6,14H,1-2H3;3-6,12H,1-2H3;2-6,10H,1H3. The number of nitrogens with one attached hydrogen (secondary N) is 2. The van der Waals surface area contributed by atoms with Crippen LogP contribution in [0.4, 0.5) is 0 Å². The quantitative estimate of drug-likeness (QED) is 0.142. The fourth-order valence-corrected chi connectivity index (χ4v) is 8.05. The second kappa shape index (κ2) is 20.9. The molecule has 0 saturated heterocycles. The number of nitrogens with zero attached hydrogens (tertiary/aromatic N) is 3. The van der Waals surface area contributed by atoms with E-state index < -0.39 is 0 Å². The molecule has 0 saturated carbocycles. The molecule has 67 heavy (non-hydrogen) atoms. The molecule has 0 radical (unpaired) electrons. The summed E-state index contributed by atoms with van der Waals surface area (Å²) in [5, 5.41) is 14.5. The van der Waals surface area contributed by atoms with E-state index in [0.29, 0.717) is 12.2 Å². The molecule has 0 unspecified atom stereocenters. The van der Waals surface area contributed by atoms with E-state index in [-0.39, 0.29) is 28.9 Å². The van der Waals surface area contributed by atoms with Gasteiger partial charge in [-0.15, -0.1) is 0 Å². The highest BCUT2D eigenvalue weighted by Crippen LogP contribution is 2.27. The van der Waals surface area contributed by atoms with Crippen molar-refractivity contribution in [1.29, 1.82) is 0 Å². The van der Waals surface area contributed by atoms with Gasteiger partial charge in [0.25, 0.3) is 0 Å². The van der Waals surface area contributed by atoms with Crippen LogP contribution in [0.2, 0.25) is 0 Å². The Morgan fingerprint density at radius 3 is 1.49 bits per heavy atom. The number of aromatic hydroxyl groups is 1. The minimum Gasteiger partial charge on any atom is -0.508 e. The molecule has 0 aliphatic rings. The van der Waals surface area contributed by atoms with Crippen LogP contribution >= 0.6 is 0 Å². The molecule has 10 aromatic rings. The molecule has 0 aliphatic heterocycles. The van der Waals surface area contributed by atoms with Gasteiger partial charge in [0.05, 0.1) is 6.61 Å². The van der Waals surface area contributed by atoms with Gasteiger partial charge in [-0.1, -0.05) is 34.9 Å². The number of aromatic nitrogens is 5. The Kier molecular flexibility index (Phi) is 15.2. The number of hydrogen-bond donors (Lipinski definition) is 3. The zero-order valence-corrected chi connectivity index (χ0v) is 40.2. The fourth-order valence-electron chi connectivity index (χ4n) is 8.05. The molecular formula is C56H59N5O6. The van der Waals surface area contributed by atoms with Crippen LogP contribution in [0.1, 0.15) is 92.7 Å². The van der Waals surface area contributed by atoms with Gasteiger partial charge in [-0.2, -0.15) is 0 Å². The Labute approximate surface area is 390 Å². The summed E-state index contributed by atoms with van der Waals surface area (Å²) in [5.74, 6) is 1.33. The van der Waals surface area contributed by atoms with Crippen LogP contribution in [0.25, 0.3) is 54.5 Å². The molecule has 5 aromatic carbocycles. The predicted octanol–water partition coefficient (Wildman–Crippen LogP) is 12.7. The molecule has 10 rings (SSSR count). The number of aromatic amines is 2. The van der Waals surface area contributed by atoms with Gasteiger partial charge in [-0.3, -0.25) is 19.2 Å². The first-order chi connectivity index (χ1) is 31.9. The summed E-state index contributed by atoms with van der Waals surface area (Å²) < 4.78 is 11.3. The van der Waals surface area contributed by atoms with E-state index in [1.807, 2.05) is 111 Å². The number of benzene rings is 5. The van der Waals surface area contributed by atoms with Crippen molar-refractivity contribution in [3.63, 3.8) is 0 Å². The highest BCUT2D eigenvalue weighted by Gasteiger charge is 2.13. The lowest BCUT2D eigenvalue weighted by molar-refractivity contribution is 0.101. The molecule has 0 aliphatic carbocycles. The van der Waals surface area contributed by atoms with Gasteiger partial charge in [0.15, 0.2) is 23.1 Å². The molecule has 3 N–H and O–H groups in total. The van der Waals surface area contributed by atoms with Gasteiger partial charge in [0, 0.05) is 124 Å². The van der Waals surface area contributed by atoms with E-state index in [2.05, 4.69) is 59.4 Å². The van der Waals surface area contributed by atoms with Crippen molar-refractivity contribution in [2.75, 3.05) is 6.61 Å². The summed E-state index contributed by atoms with van der Waals surface area (Å²) in [6.45, 7) is 15.1. The van der Waals surface area contributed by atoms with E-state index >= 15 is 0 Å². The van der Waals surface area contributed by atoms with Gasteiger partial charge in [0.1, 0.15) is 11.5 Å². The number of hydrogen-bond acceptors (Lipinski definition) is 6. The van der Waals surface area contributed by atoms with Crippen LogP contribution in [0.15, 0.2) is 128 Å². The first kappa shape index (κ1) is 48.5. The van der Waals surface area contributed by atoms with Gasteiger partial charge in [0.2, 0.25) is 0 Å². The van der Waals surface area contributed by atoms with Crippen molar-refractivity contribution in [3.05, 3.63) is 167 Å². The average molecular weight is 898 g/mol. The van der Waals surface area contributed by atoms with Crippen LogP contribution in [-0.2, 0) is 21.1 Å². The molecule has 0 bridgehead atoms. The summed E-state index contributed by atoms with van der Waals surface area (Å²) in [5.41, 5.74) is 12.0. The third-order valence-electron chi connectivity index (χ3n) is 11.5. The molecule has 11 nitrogen and oxygen atoms in total. The first-order valence-corrected chi connectivity index (χ1v) is 22.1. The van der Waals surface area contributed by atoms with E-state index in [4.69, 9.17) is 4.74 Å². The van der Waals surface area contributed by atoms with Gasteiger partial charge < -0.3 is 33.5 Å². The molecule has 0 amide bonds. The molecular weight excluding hydrogens is 839 g/mol. The van der Waals surface area contributed by atoms with E-state index in [0.717, 1.165) is 66.1 Å². The third-order valence-corrected chi connectivity index (χ3v) is 11.5. The van der Waals surface area contributed by atoms with Gasteiger partial charge in [-0.25, -0.2) is 0 Å². The molecule has 5 heterocycles. The van der Waals surface area contributed by atoms with Crippen molar-refractivity contribution >= 4 is 77.6 Å². The fraction of sp³-hybridized carbons (Fsp3) is 0.214. The second-order valence-electron chi connectivity index (χ2n) is 16.8. The van der Waals surface area contributed by atoms with Crippen LogP contribution in [0, 0.1) is 20.8 Å². The summed E-state index contributed by atoms with van der Waals surface area (Å²) in [6, 6.07) is 31.6. The van der Waals surface area contributed by atoms with Crippen LogP contribution in [-0.4, -0.2) is 58.5 Å². The Hall–Kier alpha value is -7.92. The largest absolute Gasteiger partial charge is 0.508 e. The first-order valence-electron chi connectivity index (χ1n) is 22.1. The number of aryl methyl sites for hydroxylation is 6. The van der Waals surface area contributed by atoms with Crippen molar-refractivity contribution in [1.82, 2.24) is 23.7 Å². The van der Waals surface area contributed by atoms with Crippen LogP contribution < -0.4 is 4.74 Å². The SMILES string of the molecule is CC(=O)c1c[nH]c2ccc(C)cc12.CC(=O)c1cn(C)c2ccc(C)cc12.CC(=O)c1cn(C)c2ccc(O)cc12.CCOc1ccc2c(c1)c(C(C)=O)cn2C.Cc1ccc2[nH]ccc2c1. The number of carbonyl (C=O) groups excluding carboxylic acids is 4.